The molecule has 1 aromatic carbocycles. The molecule has 4 heteroatoms. The first-order chi connectivity index (χ1) is 6.20. The number of halogens is 1. The molecular formula is C9H7BrO2S. The first-order valence-corrected chi connectivity index (χ1v) is 5.62. The molecule has 0 radical (unpaired) electrons. The van der Waals surface area contributed by atoms with Crippen molar-refractivity contribution < 1.29 is 9.90 Å². The monoisotopic (exact) mass is 258 g/mol. The summed E-state index contributed by atoms with van der Waals surface area (Å²) < 4.78 is 0.999. The van der Waals surface area contributed by atoms with Gasteiger partial charge in [0.2, 0.25) is 0 Å². The topological polar surface area (TPSA) is 37.3 Å². The van der Waals surface area contributed by atoms with Crippen LogP contribution in [-0.4, -0.2) is 16.8 Å². The maximum absolute atomic E-state index is 10.8. The maximum Gasteiger partial charge on any atom is 0.311 e. The van der Waals surface area contributed by atoms with E-state index in [4.69, 9.17) is 5.11 Å². The minimum atomic E-state index is -0.732. The molecule has 0 aromatic heterocycles. The standard InChI is InChI=1S/C9H7BrO2S/c10-7-3-1-2-5-6(9(11)12)4-13-8(5)7/h1-3,6H,4H2,(H,11,12). The molecule has 0 spiro atoms. The van der Waals surface area contributed by atoms with Crippen molar-refractivity contribution in [2.45, 2.75) is 10.8 Å². The molecule has 2 nitrogen and oxygen atoms in total. The molecule has 13 heavy (non-hydrogen) atoms. The zero-order valence-corrected chi connectivity index (χ0v) is 9.06. The second kappa shape index (κ2) is 3.35. The van der Waals surface area contributed by atoms with Crippen LogP contribution < -0.4 is 0 Å². The van der Waals surface area contributed by atoms with Crippen molar-refractivity contribution in [2.24, 2.45) is 0 Å². The van der Waals surface area contributed by atoms with Crippen LogP contribution in [0.1, 0.15) is 11.5 Å². The van der Waals surface area contributed by atoms with E-state index in [0.717, 1.165) is 14.9 Å². The zero-order chi connectivity index (χ0) is 9.42. The van der Waals surface area contributed by atoms with E-state index >= 15 is 0 Å². The van der Waals surface area contributed by atoms with Crippen LogP contribution >= 0.6 is 27.7 Å². The number of hydrogen-bond acceptors (Lipinski definition) is 2. The van der Waals surface area contributed by atoms with Gasteiger partial charge in [0, 0.05) is 15.1 Å². The minimum Gasteiger partial charge on any atom is -0.481 e. The maximum atomic E-state index is 10.8. The molecule has 0 fully saturated rings. The Kier molecular flexibility index (Phi) is 2.34. The first-order valence-electron chi connectivity index (χ1n) is 3.84. The molecule has 1 N–H and O–H groups in total. The number of carboxylic acids is 1. The van der Waals surface area contributed by atoms with E-state index in [1.165, 1.54) is 0 Å². The third kappa shape index (κ3) is 1.48. The lowest BCUT2D eigenvalue weighted by Gasteiger charge is -2.04. The lowest BCUT2D eigenvalue weighted by molar-refractivity contribution is -0.138. The highest BCUT2D eigenvalue weighted by atomic mass is 79.9. The largest absolute Gasteiger partial charge is 0.481 e. The predicted octanol–water partition coefficient (Wildman–Crippen LogP) is 2.72. The van der Waals surface area contributed by atoms with Crippen molar-refractivity contribution in [3.05, 3.63) is 28.2 Å². The molecule has 0 saturated heterocycles. The average molecular weight is 259 g/mol. The van der Waals surface area contributed by atoms with E-state index < -0.39 is 5.97 Å². The molecule has 1 aromatic rings. The van der Waals surface area contributed by atoms with Crippen LogP contribution in [0.4, 0.5) is 0 Å². The van der Waals surface area contributed by atoms with Crippen molar-refractivity contribution >= 4 is 33.7 Å². The second-order valence-corrected chi connectivity index (χ2v) is 4.74. The molecule has 1 atom stereocenters. The third-order valence-corrected chi connectivity index (χ3v) is 4.23. The van der Waals surface area contributed by atoms with Crippen LogP contribution in [-0.2, 0) is 4.79 Å². The number of fused-ring (bicyclic) bond motifs is 1. The molecular weight excluding hydrogens is 252 g/mol. The summed E-state index contributed by atoms with van der Waals surface area (Å²) in [5.41, 5.74) is 0.937. The molecule has 0 bridgehead atoms. The normalized spacial score (nSPS) is 19.9. The van der Waals surface area contributed by atoms with Crippen LogP contribution in [0, 0.1) is 0 Å². The Bertz CT molecular complexity index is 365. The summed E-state index contributed by atoms with van der Waals surface area (Å²) in [6.07, 6.45) is 0. The Balaban J connectivity index is 2.49. The Labute approximate surface area is 88.5 Å². The van der Waals surface area contributed by atoms with Crippen LogP contribution in [0.5, 0.6) is 0 Å². The number of carboxylic acid groups (broad SMARTS) is 1. The Morgan fingerprint density at radius 3 is 3.08 bits per heavy atom. The molecule has 0 saturated carbocycles. The fraction of sp³-hybridized carbons (Fsp3) is 0.222. The minimum absolute atomic E-state index is 0.336. The van der Waals surface area contributed by atoms with Gasteiger partial charge < -0.3 is 5.11 Å². The Hall–Kier alpha value is -0.480. The lowest BCUT2D eigenvalue weighted by atomic mass is 10.0. The quantitative estimate of drug-likeness (QED) is 0.842. The molecule has 68 valence electrons. The van der Waals surface area contributed by atoms with Gasteiger partial charge >= 0.3 is 5.97 Å². The van der Waals surface area contributed by atoms with Gasteiger partial charge in [0.1, 0.15) is 0 Å². The molecule has 2 rings (SSSR count). The van der Waals surface area contributed by atoms with E-state index in [9.17, 15) is 4.79 Å². The fourth-order valence-electron chi connectivity index (χ4n) is 1.41. The van der Waals surface area contributed by atoms with Crippen molar-refractivity contribution in [3.63, 3.8) is 0 Å². The van der Waals surface area contributed by atoms with Gasteiger partial charge in [-0.25, -0.2) is 0 Å². The van der Waals surface area contributed by atoms with Crippen molar-refractivity contribution in [1.82, 2.24) is 0 Å². The SMILES string of the molecule is O=C(O)C1CSc2c(Br)cccc21. The smallest absolute Gasteiger partial charge is 0.311 e. The van der Waals surface area contributed by atoms with Gasteiger partial charge in [0.15, 0.2) is 0 Å². The second-order valence-electron chi connectivity index (χ2n) is 2.86. The summed E-state index contributed by atoms with van der Waals surface area (Å²) in [4.78, 5) is 11.9. The van der Waals surface area contributed by atoms with Gasteiger partial charge in [-0.05, 0) is 27.6 Å². The van der Waals surface area contributed by atoms with E-state index in [1.54, 1.807) is 11.8 Å². The van der Waals surface area contributed by atoms with Crippen LogP contribution in [0.2, 0.25) is 0 Å². The molecule has 0 amide bonds. The summed E-state index contributed by atoms with van der Waals surface area (Å²) in [6.45, 7) is 0. The first kappa shape index (κ1) is 9.09. The Morgan fingerprint density at radius 2 is 2.38 bits per heavy atom. The van der Waals surface area contributed by atoms with Crippen LogP contribution in [0.3, 0.4) is 0 Å². The van der Waals surface area contributed by atoms with Crippen molar-refractivity contribution in [2.75, 3.05) is 5.75 Å². The number of benzene rings is 1. The highest BCUT2D eigenvalue weighted by Gasteiger charge is 2.29. The van der Waals surface area contributed by atoms with Crippen LogP contribution in [0.25, 0.3) is 0 Å². The molecule has 1 heterocycles. The van der Waals surface area contributed by atoms with E-state index in [0.29, 0.717) is 5.75 Å². The molecule has 0 aliphatic carbocycles. The van der Waals surface area contributed by atoms with Crippen molar-refractivity contribution in [1.29, 1.82) is 0 Å². The summed E-state index contributed by atoms with van der Waals surface area (Å²) in [5, 5.41) is 8.92. The van der Waals surface area contributed by atoms with Gasteiger partial charge in [-0.1, -0.05) is 12.1 Å². The highest BCUT2D eigenvalue weighted by Crippen LogP contribution is 2.43. The average Bonchev–Trinajstić information content (AvgIpc) is 2.48. The van der Waals surface area contributed by atoms with E-state index in [2.05, 4.69) is 15.9 Å². The summed E-state index contributed by atoms with van der Waals surface area (Å²) in [6, 6.07) is 5.71. The summed E-state index contributed by atoms with van der Waals surface area (Å²) in [5.74, 6) is -0.422. The molecule has 1 aliphatic heterocycles. The number of aliphatic carboxylic acids is 1. The van der Waals surface area contributed by atoms with Crippen molar-refractivity contribution in [3.8, 4) is 0 Å². The fourth-order valence-corrected chi connectivity index (χ4v) is 3.38. The summed E-state index contributed by atoms with van der Waals surface area (Å²) >= 11 is 5.01. The van der Waals surface area contributed by atoms with E-state index in [1.807, 2.05) is 18.2 Å². The third-order valence-electron chi connectivity index (χ3n) is 2.07. The van der Waals surface area contributed by atoms with Gasteiger partial charge in [0.05, 0.1) is 5.92 Å². The lowest BCUT2D eigenvalue weighted by Crippen LogP contribution is -2.10. The zero-order valence-electron chi connectivity index (χ0n) is 6.66. The number of carbonyl (C=O) groups is 1. The molecule has 1 aliphatic rings. The van der Waals surface area contributed by atoms with Gasteiger partial charge in [-0.3, -0.25) is 4.79 Å². The summed E-state index contributed by atoms with van der Waals surface area (Å²) in [7, 11) is 0. The number of thioether (sulfide) groups is 1. The van der Waals surface area contributed by atoms with Gasteiger partial charge in [-0.15, -0.1) is 11.8 Å². The predicted molar refractivity (Wildman–Crippen MR) is 55.2 cm³/mol. The Morgan fingerprint density at radius 1 is 1.62 bits per heavy atom. The van der Waals surface area contributed by atoms with E-state index in [-0.39, 0.29) is 5.92 Å². The number of rotatable bonds is 1. The highest BCUT2D eigenvalue weighted by molar-refractivity contribution is 9.10. The van der Waals surface area contributed by atoms with Crippen LogP contribution in [0.15, 0.2) is 27.6 Å². The van der Waals surface area contributed by atoms with Gasteiger partial charge in [-0.2, -0.15) is 0 Å². The number of hydrogen-bond donors (Lipinski definition) is 1. The molecule has 1 unspecified atom stereocenters. The van der Waals surface area contributed by atoms with Gasteiger partial charge in [0.25, 0.3) is 0 Å².